The highest BCUT2D eigenvalue weighted by atomic mass is 32.2. The second-order valence-corrected chi connectivity index (χ2v) is 7.34. The van der Waals surface area contributed by atoms with Crippen LogP contribution in [0, 0.1) is 0 Å². The molecular formula is C21H25N5O2S. The molecule has 152 valence electrons. The summed E-state index contributed by atoms with van der Waals surface area (Å²) in [5.41, 5.74) is 1.27. The van der Waals surface area contributed by atoms with Crippen molar-refractivity contribution < 1.29 is 9.53 Å². The molecule has 2 aromatic heterocycles. The minimum absolute atomic E-state index is 0.138. The fourth-order valence-corrected chi connectivity index (χ4v) is 3.62. The Bertz CT molecular complexity index is 928. The van der Waals surface area contributed by atoms with Crippen molar-refractivity contribution in [2.45, 2.75) is 45.0 Å². The summed E-state index contributed by atoms with van der Waals surface area (Å²) in [6.45, 7) is 6.78. The van der Waals surface area contributed by atoms with Crippen molar-refractivity contribution in [1.29, 1.82) is 0 Å². The van der Waals surface area contributed by atoms with Crippen molar-refractivity contribution in [3.8, 4) is 5.75 Å². The summed E-state index contributed by atoms with van der Waals surface area (Å²) in [6.07, 6.45) is 2.38. The van der Waals surface area contributed by atoms with Gasteiger partial charge in [0.25, 0.3) is 0 Å². The summed E-state index contributed by atoms with van der Waals surface area (Å²) in [4.78, 5) is 16.3. The molecule has 0 unspecified atom stereocenters. The maximum absolute atomic E-state index is 12.2. The topological polar surface area (TPSA) is 81.9 Å². The molecule has 1 N–H and O–H groups in total. The van der Waals surface area contributed by atoms with Crippen molar-refractivity contribution in [3.63, 3.8) is 0 Å². The van der Waals surface area contributed by atoms with Gasteiger partial charge < -0.3 is 14.6 Å². The summed E-state index contributed by atoms with van der Waals surface area (Å²) < 4.78 is 8.02. The molecule has 0 saturated carbocycles. The molecule has 0 aliphatic carbocycles. The van der Waals surface area contributed by atoms with Gasteiger partial charge in [0, 0.05) is 12.7 Å². The Labute approximate surface area is 174 Å². The standard InChI is InChI=1S/C21H25N5O2S/c1-4-16-9-11-17(12-10-16)28-15(3)20-24-25-21(26(20)5-2)29-14-19(27)23-18-8-6-7-13-22-18/h6-13,15H,4-5,14H2,1-3H3,(H,22,23,27)/t15-/m0/s1. The second kappa shape index (κ2) is 10.1. The van der Waals surface area contributed by atoms with Crippen molar-refractivity contribution in [1.82, 2.24) is 19.7 Å². The van der Waals surface area contributed by atoms with Crippen LogP contribution < -0.4 is 10.1 Å². The average Bonchev–Trinajstić information content (AvgIpc) is 3.16. The predicted octanol–water partition coefficient (Wildman–Crippen LogP) is 4.13. The van der Waals surface area contributed by atoms with E-state index in [1.54, 1.807) is 18.3 Å². The molecule has 0 radical (unpaired) electrons. The maximum Gasteiger partial charge on any atom is 0.236 e. The van der Waals surface area contributed by atoms with E-state index < -0.39 is 0 Å². The van der Waals surface area contributed by atoms with Crippen LogP contribution in [0.15, 0.2) is 53.8 Å². The number of pyridine rings is 1. The quantitative estimate of drug-likeness (QED) is 0.533. The molecule has 8 heteroatoms. The third kappa shape index (κ3) is 5.57. The van der Waals surface area contributed by atoms with Gasteiger partial charge in [0.1, 0.15) is 11.6 Å². The van der Waals surface area contributed by atoms with Gasteiger partial charge >= 0.3 is 0 Å². The summed E-state index contributed by atoms with van der Waals surface area (Å²) in [7, 11) is 0. The molecule has 0 aliphatic heterocycles. The first-order valence-electron chi connectivity index (χ1n) is 9.63. The third-order valence-corrected chi connectivity index (χ3v) is 5.30. The van der Waals surface area contributed by atoms with Crippen LogP contribution in [-0.2, 0) is 17.8 Å². The fourth-order valence-electron chi connectivity index (χ4n) is 2.81. The molecular weight excluding hydrogens is 386 g/mol. The van der Waals surface area contributed by atoms with Gasteiger partial charge in [0.05, 0.1) is 5.75 Å². The van der Waals surface area contributed by atoms with Crippen molar-refractivity contribution in [2.24, 2.45) is 0 Å². The Balaban J connectivity index is 1.62. The number of anilines is 1. The first kappa shape index (κ1) is 20.9. The number of aryl methyl sites for hydroxylation is 1. The lowest BCUT2D eigenvalue weighted by Crippen LogP contribution is -2.16. The summed E-state index contributed by atoms with van der Waals surface area (Å²) in [5, 5.41) is 12.0. The van der Waals surface area contributed by atoms with Gasteiger partial charge in [-0.2, -0.15) is 0 Å². The van der Waals surface area contributed by atoms with E-state index in [4.69, 9.17) is 4.74 Å². The van der Waals surface area contributed by atoms with Gasteiger partial charge in [0.15, 0.2) is 17.1 Å². The zero-order chi connectivity index (χ0) is 20.6. The number of amides is 1. The summed E-state index contributed by atoms with van der Waals surface area (Å²) in [5.74, 6) is 2.15. The molecule has 3 aromatic rings. The van der Waals surface area contributed by atoms with Crippen LogP contribution >= 0.6 is 11.8 Å². The molecule has 0 spiro atoms. The van der Waals surface area contributed by atoms with Gasteiger partial charge in [-0.05, 0) is 50.1 Å². The number of aromatic nitrogens is 4. The number of nitrogens with zero attached hydrogens (tertiary/aromatic N) is 4. The molecule has 0 saturated heterocycles. The van der Waals surface area contributed by atoms with E-state index in [0.29, 0.717) is 17.5 Å². The number of ether oxygens (including phenoxy) is 1. The molecule has 1 atom stereocenters. The van der Waals surface area contributed by atoms with Crippen molar-refractivity contribution in [3.05, 3.63) is 60.0 Å². The maximum atomic E-state index is 12.2. The molecule has 7 nitrogen and oxygen atoms in total. The van der Waals surface area contributed by atoms with E-state index in [1.165, 1.54) is 17.3 Å². The second-order valence-electron chi connectivity index (χ2n) is 6.39. The number of hydrogen-bond acceptors (Lipinski definition) is 6. The lowest BCUT2D eigenvalue weighted by Gasteiger charge is -2.15. The Hall–Kier alpha value is -2.87. The highest BCUT2D eigenvalue weighted by molar-refractivity contribution is 7.99. The molecule has 0 bridgehead atoms. The number of thioether (sulfide) groups is 1. The van der Waals surface area contributed by atoms with E-state index >= 15 is 0 Å². The number of carbonyl (C=O) groups excluding carboxylic acids is 1. The minimum Gasteiger partial charge on any atom is -0.483 e. The first-order chi connectivity index (χ1) is 14.1. The van der Waals surface area contributed by atoms with E-state index in [1.807, 2.05) is 36.6 Å². The zero-order valence-electron chi connectivity index (χ0n) is 16.8. The fraction of sp³-hybridized carbons (Fsp3) is 0.333. The van der Waals surface area contributed by atoms with Crippen LogP contribution in [0.2, 0.25) is 0 Å². The van der Waals surface area contributed by atoms with Gasteiger partial charge in [0.2, 0.25) is 5.91 Å². The van der Waals surface area contributed by atoms with Crippen LogP contribution in [0.1, 0.15) is 38.3 Å². The zero-order valence-corrected chi connectivity index (χ0v) is 17.6. The van der Waals surface area contributed by atoms with Gasteiger partial charge in [-0.25, -0.2) is 4.98 Å². The molecule has 1 aromatic carbocycles. The van der Waals surface area contributed by atoms with Crippen LogP contribution in [0.5, 0.6) is 5.75 Å². The Kier molecular flexibility index (Phi) is 7.24. The van der Waals surface area contributed by atoms with E-state index in [2.05, 4.69) is 39.6 Å². The average molecular weight is 412 g/mol. The normalized spacial score (nSPS) is 11.8. The molecule has 3 rings (SSSR count). The van der Waals surface area contributed by atoms with Crippen molar-refractivity contribution >= 4 is 23.5 Å². The Morgan fingerprint density at radius 2 is 1.97 bits per heavy atom. The van der Waals surface area contributed by atoms with Crippen LogP contribution in [0.25, 0.3) is 0 Å². The largest absolute Gasteiger partial charge is 0.483 e. The molecule has 0 fully saturated rings. The highest BCUT2D eigenvalue weighted by Crippen LogP contribution is 2.25. The lowest BCUT2D eigenvalue weighted by molar-refractivity contribution is -0.113. The van der Waals surface area contributed by atoms with E-state index in [0.717, 1.165) is 18.0 Å². The number of rotatable bonds is 9. The molecule has 29 heavy (non-hydrogen) atoms. The van der Waals surface area contributed by atoms with Crippen molar-refractivity contribution in [2.75, 3.05) is 11.1 Å². The highest BCUT2D eigenvalue weighted by Gasteiger charge is 2.19. The Morgan fingerprint density at radius 3 is 2.62 bits per heavy atom. The monoisotopic (exact) mass is 411 g/mol. The lowest BCUT2D eigenvalue weighted by atomic mass is 10.2. The number of hydrogen-bond donors (Lipinski definition) is 1. The summed E-state index contributed by atoms with van der Waals surface area (Å²) in [6, 6.07) is 13.5. The van der Waals surface area contributed by atoms with E-state index in [9.17, 15) is 4.79 Å². The summed E-state index contributed by atoms with van der Waals surface area (Å²) >= 11 is 1.34. The smallest absolute Gasteiger partial charge is 0.236 e. The van der Waals surface area contributed by atoms with Crippen LogP contribution in [0.3, 0.4) is 0 Å². The number of benzene rings is 1. The number of carbonyl (C=O) groups is 1. The minimum atomic E-state index is -0.258. The van der Waals surface area contributed by atoms with E-state index in [-0.39, 0.29) is 17.8 Å². The number of nitrogens with one attached hydrogen (secondary N) is 1. The van der Waals surface area contributed by atoms with Crippen LogP contribution in [0.4, 0.5) is 5.82 Å². The third-order valence-electron chi connectivity index (χ3n) is 4.33. The van der Waals surface area contributed by atoms with Gasteiger partial charge in [-0.15, -0.1) is 10.2 Å². The predicted molar refractivity (Wildman–Crippen MR) is 114 cm³/mol. The SMILES string of the molecule is CCc1ccc(O[C@@H](C)c2nnc(SCC(=O)Nc3ccccn3)n2CC)cc1. The van der Waals surface area contributed by atoms with Gasteiger partial charge in [-0.3, -0.25) is 4.79 Å². The molecule has 1 amide bonds. The Morgan fingerprint density at radius 1 is 1.17 bits per heavy atom. The van der Waals surface area contributed by atoms with Crippen LogP contribution in [-0.4, -0.2) is 31.4 Å². The molecule has 0 aliphatic rings. The first-order valence-corrected chi connectivity index (χ1v) is 10.6. The molecule has 2 heterocycles. The van der Waals surface area contributed by atoms with Gasteiger partial charge in [-0.1, -0.05) is 36.9 Å².